The van der Waals surface area contributed by atoms with Crippen molar-refractivity contribution >= 4 is 38.9 Å². The van der Waals surface area contributed by atoms with Gasteiger partial charge in [-0.05, 0) is 66.6 Å². The molecule has 0 fully saturated rings. The van der Waals surface area contributed by atoms with Gasteiger partial charge in [0.1, 0.15) is 17.0 Å². The molecule has 36 heavy (non-hydrogen) atoms. The van der Waals surface area contributed by atoms with Gasteiger partial charge in [-0.1, -0.05) is 29.8 Å². The highest BCUT2D eigenvalue weighted by Crippen LogP contribution is 2.30. The number of aliphatic hydroxyl groups excluding tert-OH is 1. The van der Waals surface area contributed by atoms with Crippen molar-refractivity contribution in [1.82, 2.24) is 5.32 Å². The molecule has 0 heterocycles. The predicted molar refractivity (Wildman–Crippen MR) is 140 cm³/mol. The number of hydrogen-bond acceptors (Lipinski definition) is 7. The number of nitrogens with one attached hydrogen (secondary N) is 3. The number of phenols is 1. The molecule has 0 aliphatic carbocycles. The molecule has 0 unspecified atom stereocenters. The molecule has 0 aliphatic heterocycles. The van der Waals surface area contributed by atoms with Crippen molar-refractivity contribution in [3.63, 3.8) is 0 Å². The molecule has 0 spiro atoms. The minimum Gasteiger partial charge on any atom is -0.506 e. The number of aliphatic hydroxyl groups is 1. The van der Waals surface area contributed by atoms with Gasteiger partial charge in [0.2, 0.25) is 15.9 Å². The average molecular weight is 534 g/mol. The molecule has 3 aromatic rings. The van der Waals surface area contributed by atoms with E-state index in [9.17, 15) is 23.4 Å². The number of ether oxygens (including phenoxy) is 1. The molecule has 0 saturated heterocycles. The first-order valence-corrected chi connectivity index (χ1v) is 13.1. The number of methoxy groups -OCH3 is 1. The Morgan fingerprint density at radius 1 is 1.08 bits per heavy atom. The van der Waals surface area contributed by atoms with Gasteiger partial charge in [0.05, 0.1) is 25.2 Å². The third-order valence-electron chi connectivity index (χ3n) is 5.57. The van der Waals surface area contributed by atoms with Crippen LogP contribution in [0.3, 0.4) is 0 Å². The average Bonchev–Trinajstić information content (AvgIpc) is 2.84. The highest BCUT2D eigenvalue weighted by atomic mass is 35.5. The Labute approximate surface area is 215 Å². The molecule has 2 atom stereocenters. The number of sulfonamides is 1. The third kappa shape index (κ3) is 6.88. The summed E-state index contributed by atoms with van der Waals surface area (Å²) in [6.45, 7) is 1.61. The summed E-state index contributed by atoms with van der Waals surface area (Å²) in [4.78, 5) is 13.4. The largest absolute Gasteiger partial charge is 0.506 e. The number of carbonyl (C=O) groups excluding carboxylic acids is 1. The summed E-state index contributed by atoms with van der Waals surface area (Å²) in [5.41, 5.74) is 0.153. The number of phenolic OH excluding ortho intramolecular Hbond substituents is 1. The van der Waals surface area contributed by atoms with Gasteiger partial charge in [-0.3, -0.25) is 14.8 Å². The molecular weight excluding hydrogens is 506 g/mol. The quantitative estimate of drug-likeness (QED) is 0.251. The van der Waals surface area contributed by atoms with Crippen LogP contribution < -0.4 is 20.1 Å². The Kier molecular flexibility index (Phi) is 8.47. The summed E-state index contributed by atoms with van der Waals surface area (Å²) in [7, 11) is -2.10. The summed E-state index contributed by atoms with van der Waals surface area (Å²) in [6, 6.07) is 17.7. The van der Waals surface area contributed by atoms with Crippen molar-refractivity contribution < 1.29 is 28.2 Å². The number of halogens is 1. The van der Waals surface area contributed by atoms with Crippen LogP contribution in [0.5, 0.6) is 11.5 Å². The molecule has 0 aromatic heterocycles. The number of rotatable bonds is 10. The lowest BCUT2D eigenvalue weighted by Gasteiger charge is -2.31. The van der Waals surface area contributed by atoms with Crippen molar-refractivity contribution in [3.8, 4) is 11.5 Å². The minimum absolute atomic E-state index is 0.0625. The van der Waals surface area contributed by atoms with E-state index in [0.29, 0.717) is 27.6 Å². The second-order valence-electron chi connectivity index (χ2n) is 8.36. The molecule has 0 saturated carbocycles. The number of hydrogen-bond donors (Lipinski definition) is 5. The van der Waals surface area contributed by atoms with Gasteiger partial charge in [-0.15, -0.1) is 0 Å². The zero-order chi connectivity index (χ0) is 26.5. The van der Waals surface area contributed by atoms with E-state index in [1.54, 1.807) is 62.6 Å². The van der Waals surface area contributed by atoms with E-state index in [2.05, 4.69) is 15.4 Å². The van der Waals surface area contributed by atoms with Crippen LogP contribution in [0.4, 0.5) is 11.4 Å². The molecule has 9 nitrogen and oxygen atoms in total. The van der Waals surface area contributed by atoms with Gasteiger partial charge < -0.3 is 20.3 Å². The summed E-state index contributed by atoms with van der Waals surface area (Å²) in [5, 5.41) is 27.3. The topological polar surface area (TPSA) is 137 Å². The zero-order valence-corrected chi connectivity index (χ0v) is 21.5. The lowest BCUT2D eigenvalue weighted by molar-refractivity contribution is -0.122. The van der Waals surface area contributed by atoms with Crippen LogP contribution in [-0.2, 0) is 20.4 Å². The summed E-state index contributed by atoms with van der Waals surface area (Å²) in [6.07, 6.45) is -0.178. The smallest absolute Gasteiger partial charge is 0.249 e. The molecule has 3 rings (SSSR count). The fraction of sp³-hybridized carbons (Fsp3) is 0.240. The van der Waals surface area contributed by atoms with Gasteiger partial charge in [0, 0.05) is 17.3 Å². The van der Waals surface area contributed by atoms with Gasteiger partial charge in [-0.2, -0.15) is 0 Å². The van der Waals surface area contributed by atoms with E-state index in [0.717, 1.165) is 6.26 Å². The Bertz CT molecular complexity index is 1320. The van der Waals surface area contributed by atoms with E-state index in [-0.39, 0.29) is 23.9 Å². The Balaban J connectivity index is 1.86. The monoisotopic (exact) mass is 533 g/mol. The normalized spacial score (nSPS) is 13.9. The SMILES string of the molecule is COc1ccc([C@](C)(NC[C@H](O)c2ccc(O)c(NS(C)(=O)=O)c2)C(=O)Nc2ccc(Cl)cc2)cc1. The summed E-state index contributed by atoms with van der Waals surface area (Å²) >= 11 is 5.94. The number of amides is 1. The maximum absolute atomic E-state index is 13.4. The second kappa shape index (κ2) is 11.2. The standard InChI is InChI=1S/C25H28ClN3O6S/c1-25(17-5-11-20(35-2)12-6-17,24(32)28-19-9-7-18(26)8-10-19)27-15-23(31)16-4-13-22(30)21(14-16)29-36(3,33)34/h4-14,23,27,29-31H,15H2,1-3H3,(H,28,32)/t23-,25-/m0/s1. The molecule has 0 aliphatic rings. The molecule has 5 N–H and O–H groups in total. The number of benzene rings is 3. The molecule has 11 heteroatoms. The first-order chi connectivity index (χ1) is 16.9. The van der Waals surface area contributed by atoms with E-state index in [1.165, 1.54) is 18.2 Å². The highest BCUT2D eigenvalue weighted by Gasteiger charge is 2.35. The Hall–Kier alpha value is -3.31. The Morgan fingerprint density at radius 3 is 2.31 bits per heavy atom. The van der Waals surface area contributed by atoms with Crippen LogP contribution in [0.15, 0.2) is 66.7 Å². The van der Waals surface area contributed by atoms with Crippen LogP contribution in [-0.4, -0.2) is 44.4 Å². The van der Waals surface area contributed by atoms with Crippen LogP contribution in [0.25, 0.3) is 0 Å². The Morgan fingerprint density at radius 2 is 1.72 bits per heavy atom. The van der Waals surface area contributed by atoms with Crippen LogP contribution >= 0.6 is 11.6 Å². The van der Waals surface area contributed by atoms with E-state index >= 15 is 0 Å². The first-order valence-electron chi connectivity index (χ1n) is 10.9. The molecule has 1 amide bonds. The number of carbonyl (C=O) groups is 1. The zero-order valence-electron chi connectivity index (χ0n) is 19.9. The van der Waals surface area contributed by atoms with Gasteiger partial charge in [-0.25, -0.2) is 8.42 Å². The van der Waals surface area contributed by atoms with Crippen molar-refractivity contribution in [2.45, 2.75) is 18.6 Å². The van der Waals surface area contributed by atoms with Crippen molar-refractivity contribution in [1.29, 1.82) is 0 Å². The van der Waals surface area contributed by atoms with E-state index in [1.807, 2.05) is 0 Å². The fourth-order valence-corrected chi connectivity index (χ4v) is 4.18. The first kappa shape index (κ1) is 27.3. The highest BCUT2D eigenvalue weighted by molar-refractivity contribution is 7.92. The summed E-state index contributed by atoms with van der Waals surface area (Å²) in [5.74, 6) is -0.0451. The molecule has 0 bridgehead atoms. The van der Waals surface area contributed by atoms with Crippen LogP contribution in [0.1, 0.15) is 24.2 Å². The van der Waals surface area contributed by atoms with E-state index in [4.69, 9.17) is 16.3 Å². The maximum atomic E-state index is 13.4. The van der Waals surface area contributed by atoms with Crippen LogP contribution in [0, 0.1) is 0 Å². The van der Waals surface area contributed by atoms with Crippen LogP contribution in [0.2, 0.25) is 5.02 Å². The number of aromatic hydroxyl groups is 1. The molecule has 192 valence electrons. The fourth-order valence-electron chi connectivity index (χ4n) is 3.49. The van der Waals surface area contributed by atoms with Crippen molar-refractivity contribution in [2.24, 2.45) is 0 Å². The van der Waals surface area contributed by atoms with Gasteiger partial charge in [0.25, 0.3) is 0 Å². The minimum atomic E-state index is -3.64. The van der Waals surface area contributed by atoms with Gasteiger partial charge in [0.15, 0.2) is 0 Å². The maximum Gasteiger partial charge on any atom is 0.249 e. The molecule has 0 radical (unpaired) electrons. The predicted octanol–water partition coefficient (Wildman–Crippen LogP) is 3.60. The van der Waals surface area contributed by atoms with E-state index < -0.39 is 21.7 Å². The third-order valence-corrected chi connectivity index (χ3v) is 6.42. The van der Waals surface area contributed by atoms with Crippen molar-refractivity contribution in [2.75, 3.05) is 29.9 Å². The lowest BCUT2D eigenvalue weighted by Crippen LogP contribution is -2.50. The molecule has 3 aromatic carbocycles. The molecular formula is C25H28ClN3O6S. The van der Waals surface area contributed by atoms with Gasteiger partial charge >= 0.3 is 0 Å². The summed E-state index contributed by atoms with van der Waals surface area (Å²) < 4.78 is 30.6. The van der Waals surface area contributed by atoms with Crippen molar-refractivity contribution in [3.05, 3.63) is 82.9 Å². The lowest BCUT2D eigenvalue weighted by atomic mass is 9.90. The second-order valence-corrected chi connectivity index (χ2v) is 10.5. The number of anilines is 2.